The zero-order chi connectivity index (χ0) is 14.1. The molecular weight excluding hydrogens is 254 g/mol. The Bertz CT molecular complexity index is 350. The van der Waals surface area contributed by atoms with E-state index in [9.17, 15) is 0 Å². The molecule has 0 fully saturated rings. The van der Waals surface area contributed by atoms with Crippen LogP contribution in [0.3, 0.4) is 0 Å². The Morgan fingerprint density at radius 3 is 2.63 bits per heavy atom. The number of ether oxygens (including phenoxy) is 1. The molecule has 0 bridgehead atoms. The highest BCUT2D eigenvalue weighted by Gasteiger charge is 2.19. The van der Waals surface area contributed by atoms with Gasteiger partial charge in [0.2, 0.25) is 0 Å². The van der Waals surface area contributed by atoms with Crippen molar-refractivity contribution in [1.82, 2.24) is 5.32 Å². The second-order valence-corrected chi connectivity index (χ2v) is 6.01. The maximum Gasteiger partial charge on any atom is 0.119 e. The minimum absolute atomic E-state index is 0.594. The highest BCUT2D eigenvalue weighted by atomic mass is 32.2. The lowest BCUT2D eigenvalue weighted by molar-refractivity contribution is 0.413. The smallest absolute Gasteiger partial charge is 0.119 e. The highest BCUT2D eigenvalue weighted by Crippen LogP contribution is 2.31. The van der Waals surface area contributed by atoms with Crippen molar-refractivity contribution in [2.75, 3.05) is 13.7 Å². The third-order valence-electron chi connectivity index (χ3n) is 3.25. The lowest BCUT2D eigenvalue weighted by Gasteiger charge is -2.26. The summed E-state index contributed by atoms with van der Waals surface area (Å²) in [6.07, 6.45) is 3.65. The summed E-state index contributed by atoms with van der Waals surface area (Å²) in [5, 5.41) is 4.25. The third kappa shape index (κ3) is 5.45. The average Bonchev–Trinajstić information content (AvgIpc) is 2.45. The van der Waals surface area contributed by atoms with Crippen molar-refractivity contribution in [3.63, 3.8) is 0 Å². The second kappa shape index (κ2) is 9.27. The molecule has 0 aliphatic carbocycles. The van der Waals surface area contributed by atoms with E-state index in [4.69, 9.17) is 4.74 Å². The Morgan fingerprint density at radius 1 is 1.26 bits per heavy atom. The van der Waals surface area contributed by atoms with Crippen LogP contribution in [-0.4, -0.2) is 24.9 Å². The highest BCUT2D eigenvalue weighted by molar-refractivity contribution is 8.00. The summed E-state index contributed by atoms with van der Waals surface area (Å²) in [5.74, 6) is 0.940. The molecule has 108 valence electrons. The van der Waals surface area contributed by atoms with Crippen molar-refractivity contribution < 1.29 is 4.74 Å². The van der Waals surface area contributed by atoms with Gasteiger partial charge >= 0.3 is 0 Å². The predicted octanol–water partition coefficient (Wildman–Crippen LogP) is 4.34. The zero-order valence-corrected chi connectivity index (χ0v) is 13.4. The van der Waals surface area contributed by atoms with E-state index in [1.165, 1.54) is 24.2 Å². The van der Waals surface area contributed by atoms with Gasteiger partial charge in [-0.05, 0) is 37.6 Å². The summed E-state index contributed by atoms with van der Waals surface area (Å²) < 4.78 is 5.30. The molecule has 1 N–H and O–H groups in total. The van der Waals surface area contributed by atoms with Gasteiger partial charge in [-0.3, -0.25) is 0 Å². The van der Waals surface area contributed by atoms with Crippen molar-refractivity contribution >= 4 is 11.8 Å². The van der Waals surface area contributed by atoms with Gasteiger partial charge in [0.15, 0.2) is 0 Å². The molecule has 2 nitrogen and oxygen atoms in total. The third-order valence-corrected chi connectivity index (χ3v) is 4.74. The standard InChI is InChI=1S/C16H27NOS/c1-5-9-15(17-7-3)16(6-2)19-14-11-8-10-13(12-14)18-4/h8,10-12,15-17H,5-7,9H2,1-4H3. The molecule has 1 aromatic carbocycles. The van der Waals surface area contributed by atoms with E-state index in [2.05, 4.69) is 44.3 Å². The maximum absolute atomic E-state index is 5.30. The summed E-state index contributed by atoms with van der Waals surface area (Å²) in [5.41, 5.74) is 0. The lowest BCUT2D eigenvalue weighted by Crippen LogP contribution is -2.37. The van der Waals surface area contributed by atoms with Crippen molar-refractivity contribution in [3.05, 3.63) is 24.3 Å². The molecule has 2 atom stereocenters. The van der Waals surface area contributed by atoms with Gasteiger partial charge in [-0.2, -0.15) is 0 Å². The SMILES string of the molecule is CCCC(NCC)C(CC)Sc1cccc(OC)c1. The van der Waals surface area contributed by atoms with Gasteiger partial charge in [-0.1, -0.05) is 33.3 Å². The first-order chi connectivity index (χ1) is 9.24. The summed E-state index contributed by atoms with van der Waals surface area (Å²) in [4.78, 5) is 1.30. The predicted molar refractivity (Wildman–Crippen MR) is 85.3 cm³/mol. The normalized spacial score (nSPS) is 14.1. The minimum atomic E-state index is 0.594. The maximum atomic E-state index is 5.30. The van der Waals surface area contributed by atoms with Crippen LogP contribution in [0.4, 0.5) is 0 Å². The van der Waals surface area contributed by atoms with Crippen LogP contribution < -0.4 is 10.1 Å². The second-order valence-electron chi connectivity index (χ2n) is 4.70. The van der Waals surface area contributed by atoms with E-state index < -0.39 is 0 Å². The number of hydrogen-bond acceptors (Lipinski definition) is 3. The Morgan fingerprint density at radius 2 is 2.05 bits per heavy atom. The molecule has 0 spiro atoms. The Balaban J connectivity index is 2.72. The van der Waals surface area contributed by atoms with E-state index in [0.29, 0.717) is 11.3 Å². The van der Waals surface area contributed by atoms with Crippen LogP contribution in [0.2, 0.25) is 0 Å². The van der Waals surface area contributed by atoms with Gasteiger partial charge in [-0.15, -0.1) is 11.8 Å². The quantitative estimate of drug-likeness (QED) is 0.680. The van der Waals surface area contributed by atoms with Gasteiger partial charge in [0.05, 0.1) is 7.11 Å². The number of benzene rings is 1. The van der Waals surface area contributed by atoms with Gasteiger partial charge in [0, 0.05) is 16.2 Å². The van der Waals surface area contributed by atoms with Gasteiger partial charge in [-0.25, -0.2) is 0 Å². The largest absolute Gasteiger partial charge is 0.497 e. The van der Waals surface area contributed by atoms with Crippen LogP contribution in [0.5, 0.6) is 5.75 Å². The van der Waals surface area contributed by atoms with Crippen LogP contribution in [0.15, 0.2) is 29.2 Å². The van der Waals surface area contributed by atoms with Gasteiger partial charge in [0.1, 0.15) is 5.75 Å². The van der Waals surface area contributed by atoms with Crippen LogP contribution in [0.1, 0.15) is 40.0 Å². The molecule has 0 amide bonds. The van der Waals surface area contributed by atoms with E-state index >= 15 is 0 Å². The lowest BCUT2D eigenvalue weighted by atomic mass is 10.1. The molecule has 2 unspecified atom stereocenters. The topological polar surface area (TPSA) is 21.3 Å². The van der Waals surface area contributed by atoms with Crippen molar-refractivity contribution in [3.8, 4) is 5.75 Å². The molecule has 0 radical (unpaired) electrons. The van der Waals surface area contributed by atoms with Crippen molar-refractivity contribution in [2.45, 2.75) is 56.2 Å². The van der Waals surface area contributed by atoms with E-state index in [-0.39, 0.29) is 0 Å². The molecule has 0 aliphatic heterocycles. The number of thioether (sulfide) groups is 1. The molecular formula is C16H27NOS. The zero-order valence-electron chi connectivity index (χ0n) is 12.6. The van der Waals surface area contributed by atoms with Crippen LogP contribution >= 0.6 is 11.8 Å². The van der Waals surface area contributed by atoms with Gasteiger partial charge in [0.25, 0.3) is 0 Å². The first-order valence-electron chi connectivity index (χ1n) is 7.29. The summed E-state index contributed by atoms with van der Waals surface area (Å²) in [6.45, 7) is 7.76. The van der Waals surface area contributed by atoms with E-state index in [1.807, 2.05) is 17.8 Å². The molecule has 1 rings (SSSR count). The molecule has 0 aliphatic rings. The Hall–Kier alpha value is -0.670. The number of rotatable bonds is 9. The number of hydrogen-bond donors (Lipinski definition) is 1. The molecule has 0 aromatic heterocycles. The molecule has 0 saturated carbocycles. The monoisotopic (exact) mass is 281 g/mol. The first kappa shape index (κ1) is 16.4. The van der Waals surface area contributed by atoms with E-state index in [0.717, 1.165) is 12.3 Å². The molecule has 0 heterocycles. The van der Waals surface area contributed by atoms with Crippen molar-refractivity contribution in [1.29, 1.82) is 0 Å². The fourth-order valence-electron chi connectivity index (χ4n) is 2.29. The molecule has 0 saturated heterocycles. The van der Waals surface area contributed by atoms with Crippen LogP contribution in [0.25, 0.3) is 0 Å². The molecule has 3 heteroatoms. The van der Waals surface area contributed by atoms with Crippen LogP contribution in [0, 0.1) is 0 Å². The summed E-state index contributed by atoms with van der Waals surface area (Å²) in [6, 6.07) is 8.96. The van der Waals surface area contributed by atoms with Crippen LogP contribution in [-0.2, 0) is 0 Å². The fourth-order valence-corrected chi connectivity index (χ4v) is 3.55. The summed E-state index contributed by atoms with van der Waals surface area (Å²) in [7, 11) is 1.72. The van der Waals surface area contributed by atoms with E-state index in [1.54, 1.807) is 7.11 Å². The Labute approximate surface area is 122 Å². The number of methoxy groups -OCH3 is 1. The minimum Gasteiger partial charge on any atom is -0.497 e. The summed E-state index contributed by atoms with van der Waals surface area (Å²) >= 11 is 1.96. The molecule has 19 heavy (non-hydrogen) atoms. The first-order valence-corrected chi connectivity index (χ1v) is 8.17. The van der Waals surface area contributed by atoms with Crippen molar-refractivity contribution in [2.24, 2.45) is 0 Å². The number of nitrogens with one attached hydrogen (secondary N) is 1. The molecule has 1 aromatic rings. The fraction of sp³-hybridized carbons (Fsp3) is 0.625. The Kier molecular flexibility index (Phi) is 7.99. The average molecular weight is 281 g/mol. The van der Waals surface area contributed by atoms with Gasteiger partial charge < -0.3 is 10.1 Å².